The Morgan fingerprint density at radius 1 is 0.889 bits per heavy atom. The summed E-state index contributed by atoms with van der Waals surface area (Å²) in [5.74, 6) is -0.842. The maximum atomic E-state index is 14.1. The Bertz CT molecular complexity index is 1260. The lowest BCUT2D eigenvalue weighted by Crippen LogP contribution is -2.47. The Morgan fingerprint density at radius 3 is 2.36 bits per heavy atom. The molecule has 1 saturated carbocycles. The summed E-state index contributed by atoms with van der Waals surface area (Å²) in [5.41, 5.74) is 2.44. The fourth-order valence-corrected chi connectivity index (χ4v) is 6.74. The van der Waals surface area contributed by atoms with Crippen molar-refractivity contribution in [2.45, 2.75) is 50.2 Å². The Kier molecular flexibility index (Phi) is 5.58. The van der Waals surface area contributed by atoms with E-state index in [9.17, 15) is 14.4 Å². The molecule has 0 N–H and O–H groups in total. The summed E-state index contributed by atoms with van der Waals surface area (Å²) >= 11 is 0. The van der Waals surface area contributed by atoms with Crippen molar-refractivity contribution in [3.05, 3.63) is 65.4 Å². The molecule has 186 valence electrons. The normalized spacial score (nSPS) is 27.1. The van der Waals surface area contributed by atoms with E-state index in [4.69, 9.17) is 9.47 Å². The number of imide groups is 1. The zero-order valence-corrected chi connectivity index (χ0v) is 20.6. The van der Waals surface area contributed by atoms with Crippen LogP contribution in [0.5, 0.6) is 11.5 Å². The second-order valence-corrected chi connectivity index (χ2v) is 10.1. The minimum atomic E-state index is -0.771. The lowest BCUT2D eigenvalue weighted by molar-refractivity contribution is -0.144. The number of ether oxygens (including phenoxy) is 2. The van der Waals surface area contributed by atoms with E-state index < -0.39 is 17.9 Å². The number of fused-ring (bicyclic) bond motifs is 5. The predicted octanol–water partition coefficient (Wildman–Crippen LogP) is 4.23. The van der Waals surface area contributed by atoms with Crippen molar-refractivity contribution in [3.8, 4) is 11.5 Å². The molecule has 36 heavy (non-hydrogen) atoms. The number of carbonyl (C=O) groups is 3. The molecule has 2 saturated heterocycles. The predicted molar refractivity (Wildman–Crippen MR) is 133 cm³/mol. The van der Waals surface area contributed by atoms with Gasteiger partial charge in [0.1, 0.15) is 6.04 Å². The molecule has 1 aliphatic carbocycles. The van der Waals surface area contributed by atoms with Gasteiger partial charge in [-0.25, -0.2) is 0 Å². The summed E-state index contributed by atoms with van der Waals surface area (Å²) in [5, 5.41) is 0. The highest BCUT2D eigenvalue weighted by Gasteiger charge is 2.65. The fraction of sp³-hybridized carbons (Fsp3) is 0.414. The van der Waals surface area contributed by atoms with E-state index in [-0.39, 0.29) is 29.7 Å². The topological polar surface area (TPSA) is 76.2 Å². The highest BCUT2D eigenvalue weighted by atomic mass is 16.5. The molecule has 7 heteroatoms. The summed E-state index contributed by atoms with van der Waals surface area (Å²) in [6, 6.07) is 11.8. The average Bonchev–Trinajstić information content (AvgIpc) is 3.40. The monoisotopic (exact) mass is 486 g/mol. The molecule has 0 radical (unpaired) electrons. The highest BCUT2D eigenvalue weighted by molar-refractivity contribution is 6.12. The number of hydrogen-bond donors (Lipinski definition) is 0. The summed E-state index contributed by atoms with van der Waals surface area (Å²) in [6.07, 6.45) is 8.72. The van der Waals surface area contributed by atoms with E-state index in [0.29, 0.717) is 17.1 Å². The average molecular weight is 487 g/mol. The van der Waals surface area contributed by atoms with E-state index >= 15 is 0 Å². The van der Waals surface area contributed by atoms with Crippen LogP contribution in [0.15, 0.2) is 48.7 Å². The molecule has 3 fully saturated rings. The number of amides is 2. The van der Waals surface area contributed by atoms with Gasteiger partial charge < -0.3 is 14.4 Å². The zero-order chi connectivity index (χ0) is 25.0. The molecular weight excluding hydrogens is 456 g/mol. The van der Waals surface area contributed by atoms with Gasteiger partial charge in [-0.15, -0.1) is 0 Å². The Labute approximate surface area is 210 Å². The molecule has 3 heterocycles. The van der Waals surface area contributed by atoms with Crippen molar-refractivity contribution >= 4 is 23.7 Å². The second-order valence-electron chi connectivity index (χ2n) is 10.1. The SMILES string of the molecule is COc1ccc(C(=O)[C@@H]2[C@@H]3C(=O)N(C4CCCCC4)C(=O)[C@@H]3C3c4ccccc4C=CN32)cc1OC. The van der Waals surface area contributed by atoms with Gasteiger partial charge in [0, 0.05) is 17.8 Å². The number of hydrogen-bond acceptors (Lipinski definition) is 6. The first kappa shape index (κ1) is 22.8. The first-order valence-electron chi connectivity index (χ1n) is 12.7. The molecule has 7 nitrogen and oxygen atoms in total. The van der Waals surface area contributed by atoms with E-state index in [1.165, 1.54) is 12.0 Å². The standard InChI is InChI=1S/C29H30N2O5/c1-35-21-13-12-18(16-22(21)36-2)27(32)26-24-23(25-20-11-7-6-8-17(20)14-15-30(25)26)28(33)31(29(24)34)19-9-4-3-5-10-19/h6-8,11-16,19,23-26H,3-5,9-10H2,1-2H3/t23-,24+,25?,26-/m0/s1. The van der Waals surface area contributed by atoms with Crippen molar-refractivity contribution in [2.75, 3.05) is 14.2 Å². The van der Waals surface area contributed by atoms with Gasteiger partial charge in [0.15, 0.2) is 17.3 Å². The summed E-state index contributed by atoms with van der Waals surface area (Å²) in [6.45, 7) is 0. The van der Waals surface area contributed by atoms with Crippen LogP contribution in [0.25, 0.3) is 6.08 Å². The second kappa shape index (κ2) is 8.80. The lowest BCUT2D eigenvalue weighted by Gasteiger charge is -2.37. The van der Waals surface area contributed by atoms with E-state index in [0.717, 1.165) is 43.2 Å². The molecule has 2 aromatic rings. The molecule has 0 aromatic heterocycles. The number of ketones is 1. The molecule has 2 amide bonds. The largest absolute Gasteiger partial charge is 0.493 e. The fourth-order valence-electron chi connectivity index (χ4n) is 6.74. The molecule has 2 aromatic carbocycles. The van der Waals surface area contributed by atoms with Crippen molar-refractivity contribution in [2.24, 2.45) is 11.8 Å². The van der Waals surface area contributed by atoms with Gasteiger partial charge in [-0.2, -0.15) is 0 Å². The van der Waals surface area contributed by atoms with Crippen molar-refractivity contribution in [1.29, 1.82) is 0 Å². The van der Waals surface area contributed by atoms with E-state index in [1.54, 1.807) is 25.3 Å². The lowest BCUT2D eigenvalue weighted by atomic mass is 9.83. The van der Waals surface area contributed by atoms with Crippen LogP contribution in [0.2, 0.25) is 0 Å². The quantitative estimate of drug-likeness (QED) is 0.465. The molecule has 4 atom stereocenters. The maximum Gasteiger partial charge on any atom is 0.236 e. The van der Waals surface area contributed by atoms with E-state index in [1.807, 2.05) is 41.4 Å². The van der Waals surface area contributed by atoms with Gasteiger partial charge in [0.25, 0.3) is 0 Å². The van der Waals surface area contributed by atoms with Gasteiger partial charge >= 0.3 is 0 Å². The summed E-state index contributed by atoms with van der Waals surface area (Å²) < 4.78 is 10.8. The van der Waals surface area contributed by atoms with Gasteiger partial charge in [-0.05, 0) is 48.2 Å². The molecule has 1 unspecified atom stereocenters. The first-order chi connectivity index (χ1) is 17.5. The van der Waals surface area contributed by atoms with Crippen LogP contribution in [-0.2, 0) is 9.59 Å². The van der Waals surface area contributed by atoms with Gasteiger partial charge in [-0.1, -0.05) is 43.5 Å². The number of benzene rings is 2. The third-order valence-electron chi connectivity index (χ3n) is 8.37. The minimum absolute atomic E-state index is 0.0657. The third-order valence-corrected chi connectivity index (χ3v) is 8.37. The maximum absolute atomic E-state index is 14.1. The van der Waals surface area contributed by atoms with Gasteiger partial charge in [-0.3, -0.25) is 19.3 Å². The van der Waals surface area contributed by atoms with E-state index in [2.05, 4.69) is 0 Å². The Hall–Kier alpha value is -3.61. The molecule has 0 spiro atoms. The molecular formula is C29H30N2O5. The van der Waals surface area contributed by atoms with Gasteiger partial charge in [0.2, 0.25) is 11.8 Å². The number of likely N-dealkylation sites (tertiary alicyclic amines) is 1. The molecule has 4 aliphatic rings. The van der Waals surface area contributed by atoms with Crippen LogP contribution in [-0.4, -0.2) is 53.7 Å². The zero-order valence-electron chi connectivity index (χ0n) is 20.6. The Morgan fingerprint density at radius 2 is 1.61 bits per heavy atom. The van der Waals surface area contributed by atoms with Crippen molar-refractivity contribution in [1.82, 2.24) is 9.80 Å². The van der Waals surface area contributed by atoms with Crippen molar-refractivity contribution in [3.63, 3.8) is 0 Å². The molecule has 3 aliphatic heterocycles. The van der Waals surface area contributed by atoms with Gasteiger partial charge in [0.05, 0.1) is 32.1 Å². The van der Waals surface area contributed by atoms with Crippen LogP contribution in [0.4, 0.5) is 0 Å². The van der Waals surface area contributed by atoms with Crippen molar-refractivity contribution < 1.29 is 23.9 Å². The Balaban J connectivity index is 1.45. The number of methoxy groups -OCH3 is 2. The smallest absolute Gasteiger partial charge is 0.236 e. The summed E-state index contributed by atoms with van der Waals surface area (Å²) in [4.78, 5) is 45.5. The van der Waals surface area contributed by atoms with Crippen LogP contribution in [0.3, 0.4) is 0 Å². The van der Waals surface area contributed by atoms with Crippen LogP contribution < -0.4 is 9.47 Å². The van der Waals surface area contributed by atoms with Crippen LogP contribution in [0, 0.1) is 11.8 Å². The number of rotatable bonds is 5. The number of carbonyl (C=O) groups excluding carboxylic acids is 3. The third kappa shape index (κ3) is 3.29. The van der Waals surface area contributed by atoms with Crippen LogP contribution in [0.1, 0.15) is 59.6 Å². The highest BCUT2D eigenvalue weighted by Crippen LogP contribution is 2.54. The van der Waals surface area contributed by atoms with Crippen LogP contribution >= 0.6 is 0 Å². The number of Topliss-reactive ketones (excluding diaryl/α,β-unsaturated/α-hetero) is 1. The first-order valence-corrected chi connectivity index (χ1v) is 12.7. The molecule has 6 rings (SSSR count). The minimum Gasteiger partial charge on any atom is -0.493 e. The molecule has 0 bridgehead atoms. The number of nitrogens with zero attached hydrogens (tertiary/aromatic N) is 2. The summed E-state index contributed by atoms with van der Waals surface area (Å²) in [7, 11) is 3.07.